The number of rotatable bonds is 4. The summed E-state index contributed by atoms with van der Waals surface area (Å²) in [6, 6.07) is 7.54. The van der Waals surface area contributed by atoms with Gasteiger partial charge in [0.15, 0.2) is 0 Å². The van der Waals surface area contributed by atoms with Gasteiger partial charge in [-0.25, -0.2) is 0 Å². The standard InChI is InChI=1S/C11H12ClNS2/c1-13-11(15-2)7-10(14)8-3-5-9(12)6-4-8/h3-7,13H,1-2H3/b11-7+. The van der Waals surface area contributed by atoms with Crippen LogP contribution in [0.1, 0.15) is 5.56 Å². The molecule has 0 fully saturated rings. The highest BCUT2D eigenvalue weighted by Crippen LogP contribution is 2.13. The first kappa shape index (κ1) is 12.6. The lowest BCUT2D eigenvalue weighted by atomic mass is 10.1. The second-order valence-corrected chi connectivity index (χ2v) is 4.56. The molecule has 0 aromatic heterocycles. The quantitative estimate of drug-likeness (QED) is 0.504. The zero-order valence-electron chi connectivity index (χ0n) is 8.58. The molecule has 15 heavy (non-hydrogen) atoms. The molecular weight excluding hydrogens is 246 g/mol. The lowest BCUT2D eigenvalue weighted by Crippen LogP contribution is -2.04. The van der Waals surface area contributed by atoms with Gasteiger partial charge in [0.25, 0.3) is 0 Å². The Balaban J connectivity index is 2.85. The van der Waals surface area contributed by atoms with Crippen LogP contribution in [0.2, 0.25) is 5.02 Å². The maximum Gasteiger partial charge on any atom is 0.0690 e. The highest BCUT2D eigenvalue weighted by molar-refractivity contribution is 8.02. The average Bonchev–Trinajstić information content (AvgIpc) is 2.26. The molecule has 4 heteroatoms. The first-order chi connectivity index (χ1) is 7.17. The number of thioether (sulfide) groups is 1. The maximum atomic E-state index is 5.80. The fourth-order valence-electron chi connectivity index (χ4n) is 1.05. The lowest BCUT2D eigenvalue weighted by molar-refractivity contribution is 1.08. The summed E-state index contributed by atoms with van der Waals surface area (Å²) in [6.07, 6.45) is 3.95. The van der Waals surface area contributed by atoms with E-state index in [0.717, 1.165) is 20.5 Å². The molecule has 80 valence electrons. The number of hydrogen-bond donors (Lipinski definition) is 1. The van der Waals surface area contributed by atoms with Crippen LogP contribution in [-0.2, 0) is 0 Å². The summed E-state index contributed by atoms with van der Waals surface area (Å²) >= 11 is 12.7. The molecule has 0 aliphatic carbocycles. The SMILES string of the molecule is CN/C(=C\C(=S)c1ccc(Cl)cc1)SC. The van der Waals surface area contributed by atoms with Gasteiger partial charge in [-0.05, 0) is 30.0 Å². The molecule has 0 spiro atoms. The van der Waals surface area contributed by atoms with Gasteiger partial charge in [-0.2, -0.15) is 0 Å². The van der Waals surface area contributed by atoms with Crippen molar-refractivity contribution in [3.8, 4) is 0 Å². The van der Waals surface area contributed by atoms with Gasteiger partial charge in [0.05, 0.1) is 5.03 Å². The normalized spacial score (nSPS) is 11.3. The molecule has 0 atom stereocenters. The van der Waals surface area contributed by atoms with Crippen molar-refractivity contribution in [1.29, 1.82) is 0 Å². The molecule has 0 aliphatic rings. The van der Waals surface area contributed by atoms with E-state index in [4.69, 9.17) is 23.8 Å². The molecule has 1 aromatic rings. The Kier molecular flexibility index (Phi) is 5.15. The third-order valence-electron chi connectivity index (χ3n) is 1.86. The smallest absolute Gasteiger partial charge is 0.0690 e. The van der Waals surface area contributed by atoms with Gasteiger partial charge in [0, 0.05) is 16.9 Å². The van der Waals surface area contributed by atoms with Gasteiger partial charge in [0.2, 0.25) is 0 Å². The van der Waals surface area contributed by atoms with Crippen LogP contribution >= 0.6 is 35.6 Å². The highest BCUT2D eigenvalue weighted by Gasteiger charge is 1.99. The van der Waals surface area contributed by atoms with E-state index in [9.17, 15) is 0 Å². The molecule has 0 radical (unpaired) electrons. The van der Waals surface area contributed by atoms with Crippen molar-refractivity contribution in [3.63, 3.8) is 0 Å². The number of allylic oxidation sites excluding steroid dienone is 1. The van der Waals surface area contributed by atoms with Gasteiger partial charge in [-0.3, -0.25) is 0 Å². The molecule has 0 aliphatic heterocycles. The Bertz CT molecular complexity index is 365. The molecule has 0 amide bonds. The summed E-state index contributed by atoms with van der Waals surface area (Å²) in [6.45, 7) is 0. The Morgan fingerprint density at radius 3 is 2.47 bits per heavy atom. The molecule has 1 rings (SSSR count). The third-order valence-corrected chi connectivity index (χ3v) is 3.22. The fourth-order valence-corrected chi connectivity index (χ4v) is 1.94. The maximum absolute atomic E-state index is 5.80. The van der Waals surface area contributed by atoms with E-state index in [2.05, 4.69) is 5.32 Å². The summed E-state index contributed by atoms with van der Waals surface area (Å²) in [5.41, 5.74) is 1.01. The lowest BCUT2D eigenvalue weighted by Gasteiger charge is -2.04. The van der Waals surface area contributed by atoms with Crippen molar-refractivity contribution in [2.75, 3.05) is 13.3 Å². The largest absolute Gasteiger partial charge is 0.383 e. The van der Waals surface area contributed by atoms with Crippen LogP contribution in [0.3, 0.4) is 0 Å². The zero-order chi connectivity index (χ0) is 11.3. The van der Waals surface area contributed by atoms with Crippen LogP contribution in [0, 0.1) is 0 Å². The van der Waals surface area contributed by atoms with E-state index in [0.29, 0.717) is 0 Å². The Labute approximate surface area is 105 Å². The molecule has 0 saturated carbocycles. The van der Waals surface area contributed by atoms with Crippen molar-refractivity contribution < 1.29 is 0 Å². The molecule has 1 N–H and O–H groups in total. The van der Waals surface area contributed by atoms with Gasteiger partial charge in [-0.15, -0.1) is 11.8 Å². The summed E-state index contributed by atoms with van der Waals surface area (Å²) in [5, 5.41) is 4.85. The Morgan fingerprint density at radius 2 is 2.00 bits per heavy atom. The second-order valence-electron chi connectivity index (χ2n) is 2.83. The minimum Gasteiger partial charge on any atom is -0.383 e. The van der Waals surface area contributed by atoms with Crippen LogP contribution in [-0.4, -0.2) is 18.2 Å². The predicted octanol–water partition coefficient (Wildman–Crippen LogP) is 3.48. The first-order valence-corrected chi connectivity index (χ1v) is 6.42. The topological polar surface area (TPSA) is 12.0 Å². The van der Waals surface area contributed by atoms with Crippen molar-refractivity contribution in [2.24, 2.45) is 0 Å². The van der Waals surface area contributed by atoms with E-state index >= 15 is 0 Å². The van der Waals surface area contributed by atoms with Gasteiger partial charge in [0.1, 0.15) is 0 Å². The van der Waals surface area contributed by atoms with Gasteiger partial charge in [-0.1, -0.05) is 36.0 Å². The summed E-state index contributed by atoms with van der Waals surface area (Å²) < 4.78 is 0. The fraction of sp³-hybridized carbons (Fsp3) is 0.182. The minimum atomic E-state index is 0.726. The molecular formula is C11H12ClNS2. The number of hydrogen-bond acceptors (Lipinski definition) is 3. The Morgan fingerprint density at radius 1 is 1.40 bits per heavy atom. The number of benzene rings is 1. The monoisotopic (exact) mass is 257 g/mol. The second kappa shape index (κ2) is 6.16. The average molecular weight is 258 g/mol. The molecule has 1 aromatic carbocycles. The van der Waals surface area contributed by atoms with Crippen molar-refractivity contribution in [3.05, 3.63) is 46.0 Å². The molecule has 0 heterocycles. The van der Waals surface area contributed by atoms with Crippen LogP contribution < -0.4 is 5.32 Å². The van der Waals surface area contributed by atoms with Gasteiger partial charge >= 0.3 is 0 Å². The third kappa shape index (κ3) is 3.86. The minimum absolute atomic E-state index is 0.726. The molecule has 0 unspecified atom stereocenters. The van der Waals surface area contributed by atoms with Crippen LogP contribution in [0.15, 0.2) is 35.4 Å². The highest BCUT2D eigenvalue weighted by atomic mass is 35.5. The molecule has 1 nitrogen and oxygen atoms in total. The van der Waals surface area contributed by atoms with Crippen LogP contribution in [0.25, 0.3) is 0 Å². The summed E-state index contributed by atoms with van der Waals surface area (Å²) in [4.78, 5) is 0.811. The van der Waals surface area contributed by atoms with Crippen molar-refractivity contribution in [1.82, 2.24) is 5.32 Å². The predicted molar refractivity (Wildman–Crippen MR) is 73.8 cm³/mol. The Hall–Kier alpha value is -0.510. The molecule has 0 saturated heterocycles. The van der Waals surface area contributed by atoms with Crippen molar-refractivity contribution in [2.45, 2.75) is 0 Å². The van der Waals surface area contributed by atoms with Crippen LogP contribution in [0.4, 0.5) is 0 Å². The van der Waals surface area contributed by atoms with Crippen molar-refractivity contribution >= 4 is 40.4 Å². The zero-order valence-corrected chi connectivity index (χ0v) is 11.0. The van der Waals surface area contributed by atoms with E-state index in [1.165, 1.54) is 0 Å². The van der Waals surface area contributed by atoms with E-state index in [1.54, 1.807) is 11.8 Å². The number of thiocarbonyl (C=S) groups is 1. The number of halogens is 1. The van der Waals surface area contributed by atoms with E-state index in [1.807, 2.05) is 43.6 Å². The summed E-state index contributed by atoms with van der Waals surface area (Å²) in [7, 11) is 1.88. The van der Waals surface area contributed by atoms with Crippen LogP contribution in [0.5, 0.6) is 0 Å². The van der Waals surface area contributed by atoms with Gasteiger partial charge < -0.3 is 5.32 Å². The molecule has 0 bridgehead atoms. The number of nitrogens with one attached hydrogen (secondary N) is 1. The first-order valence-electron chi connectivity index (χ1n) is 4.40. The summed E-state index contributed by atoms with van der Waals surface area (Å²) in [5.74, 6) is 0. The van der Waals surface area contributed by atoms with E-state index in [-0.39, 0.29) is 0 Å². The van der Waals surface area contributed by atoms with E-state index < -0.39 is 0 Å².